The van der Waals surface area contributed by atoms with Gasteiger partial charge in [-0.15, -0.1) is 0 Å². The minimum absolute atomic E-state index is 0.116. The zero-order valence-corrected chi connectivity index (χ0v) is 11.0. The molecule has 0 aromatic heterocycles. The van der Waals surface area contributed by atoms with Gasteiger partial charge in [-0.25, -0.2) is 4.79 Å². The molecule has 1 amide bonds. The lowest BCUT2D eigenvalue weighted by Crippen LogP contribution is -2.22. The number of hydrogen-bond donors (Lipinski definition) is 2. The first kappa shape index (κ1) is 13.7. The molecule has 1 aromatic carbocycles. The average molecular weight is 300 g/mol. The van der Waals surface area contributed by atoms with Crippen molar-refractivity contribution in [3.8, 4) is 0 Å². The molecule has 1 aromatic rings. The van der Waals surface area contributed by atoms with Crippen LogP contribution >= 0.6 is 15.9 Å². The minimum Gasteiger partial charge on any atom is -0.478 e. The fraction of sp³-hybridized carbons (Fsp3) is 0.333. The third kappa shape index (κ3) is 4.19. The minimum atomic E-state index is -0.979. The molecule has 0 spiro atoms. The molecule has 4 nitrogen and oxygen atoms in total. The van der Waals surface area contributed by atoms with Gasteiger partial charge in [0.15, 0.2) is 0 Å². The van der Waals surface area contributed by atoms with E-state index in [0.29, 0.717) is 5.69 Å². The number of amides is 1. The summed E-state index contributed by atoms with van der Waals surface area (Å²) in [5.41, 5.74) is 0.799. The SMILES string of the molecule is CCCC(Br)C(=O)Nc1ccc(C(=O)O)cc1. The number of rotatable bonds is 5. The maximum atomic E-state index is 11.6. The number of anilines is 1. The second kappa shape index (κ2) is 6.39. The molecule has 0 aliphatic carbocycles. The Labute approximate surface area is 108 Å². The van der Waals surface area contributed by atoms with Crippen LogP contribution in [0, 0.1) is 0 Å². The van der Waals surface area contributed by atoms with Crippen LogP contribution in [0.25, 0.3) is 0 Å². The van der Waals surface area contributed by atoms with Crippen molar-refractivity contribution in [1.82, 2.24) is 0 Å². The van der Waals surface area contributed by atoms with Gasteiger partial charge in [-0.3, -0.25) is 4.79 Å². The first-order chi connectivity index (χ1) is 8.04. The van der Waals surface area contributed by atoms with Crippen molar-refractivity contribution in [2.45, 2.75) is 24.6 Å². The fourth-order valence-electron chi connectivity index (χ4n) is 1.30. The topological polar surface area (TPSA) is 66.4 Å². The van der Waals surface area contributed by atoms with Gasteiger partial charge in [0.1, 0.15) is 0 Å². The molecule has 1 rings (SSSR count). The van der Waals surface area contributed by atoms with E-state index in [9.17, 15) is 9.59 Å². The Morgan fingerprint density at radius 2 is 1.94 bits per heavy atom. The second-order valence-corrected chi connectivity index (χ2v) is 4.73. The molecular weight excluding hydrogens is 286 g/mol. The van der Waals surface area contributed by atoms with Gasteiger partial charge in [-0.1, -0.05) is 29.3 Å². The summed E-state index contributed by atoms with van der Waals surface area (Å²) >= 11 is 3.29. The molecule has 5 heteroatoms. The van der Waals surface area contributed by atoms with Crippen molar-refractivity contribution in [2.75, 3.05) is 5.32 Å². The number of carbonyl (C=O) groups excluding carboxylic acids is 1. The summed E-state index contributed by atoms with van der Waals surface area (Å²) in [6, 6.07) is 6.07. The fourth-order valence-corrected chi connectivity index (χ4v) is 1.87. The molecule has 0 fully saturated rings. The van der Waals surface area contributed by atoms with E-state index in [1.54, 1.807) is 12.1 Å². The second-order valence-electron chi connectivity index (χ2n) is 3.63. The van der Waals surface area contributed by atoms with Gasteiger partial charge in [0.2, 0.25) is 5.91 Å². The van der Waals surface area contributed by atoms with Gasteiger partial charge >= 0.3 is 5.97 Å². The van der Waals surface area contributed by atoms with E-state index in [1.807, 2.05) is 6.92 Å². The quantitative estimate of drug-likeness (QED) is 0.822. The molecule has 0 heterocycles. The molecule has 0 saturated carbocycles. The van der Waals surface area contributed by atoms with E-state index in [4.69, 9.17) is 5.11 Å². The lowest BCUT2D eigenvalue weighted by atomic mass is 10.2. The highest BCUT2D eigenvalue weighted by Crippen LogP contribution is 2.14. The summed E-state index contributed by atoms with van der Waals surface area (Å²) in [5, 5.41) is 11.4. The van der Waals surface area contributed by atoms with Gasteiger partial charge in [0.25, 0.3) is 0 Å². The number of benzene rings is 1. The van der Waals surface area contributed by atoms with E-state index in [-0.39, 0.29) is 16.3 Å². The van der Waals surface area contributed by atoms with E-state index < -0.39 is 5.97 Å². The molecule has 0 bridgehead atoms. The number of carboxylic acids is 1. The Bertz CT molecular complexity index is 403. The Morgan fingerprint density at radius 1 is 1.35 bits per heavy atom. The maximum absolute atomic E-state index is 11.6. The van der Waals surface area contributed by atoms with Gasteiger partial charge < -0.3 is 10.4 Å². The summed E-state index contributed by atoms with van der Waals surface area (Å²) < 4.78 is 0. The third-order valence-electron chi connectivity index (χ3n) is 2.23. The predicted octanol–water partition coefficient (Wildman–Crippen LogP) is 2.89. The number of carbonyl (C=O) groups is 2. The largest absolute Gasteiger partial charge is 0.478 e. The Kier molecular flexibility index (Phi) is 5.15. The average Bonchev–Trinajstić information content (AvgIpc) is 2.30. The Balaban J connectivity index is 2.63. The van der Waals surface area contributed by atoms with Crippen molar-refractivity contribution >= 4 is 33.5 Å². The monoisotopic (exact) mass is 299 g/mol. The maximum Gasteiger partial charge on any atom is 0.335 e. The molecule has 0 aliphatic heterocycles. The van der Waals surface area contributed by atoms with Crippen LogP contribution in [-0.4, -0.2) is 21.8 Å². The van der Waals surface area contributed by atoms with Crippen LogP contribution in [-0.2, 0) is 4.79 Å². The molecule has 1 unspecified atom stereocenters. The number of carboxylic acid groups (broad SMARTS) is 1. The highest BCUT2D eigenvalue weighted by Gasteiger charge is 2.13. The molecule has 17 heavy (non-hydrogen) atoms. The predicted molar refractivity (Wildman–Crippen MR) is 69.7 cm³/mol. The summed E-state index contributed by atoms with van der Waals surface area (Å²) in [6.07, 6.45) is 1.68. The third-order valence-corrected chi connectivity index (χ3v) is 3.10. The van der Waals surface area contributed by atoms with Gasteiger partial charge in [0, 0.05) is 5.69 Å². The van der Waals surface area contributed by atoms with Gasteiger partial charge in [-0.05, 0) is 30.7 Å². The number of hydrogen-bond acceptors (Lipinski definition) is 2. The van der Waals surface area contributed by atoms with Gasteiger partial charge in [-0.2, -0.15) is 0 Å². The first-order valence-corrected chi connectivity index (χ1v) is 6.24. The molecule has 92 valence electrons. The van der Waals surface area contributed by atoms with Crippen LogP contribution in [0.15, 0.2) is 24.3 Å². The Morgan fingerprint density at radius 3 is 2.41 bits per heavy atom. The normalized spacial score (nSPS) is 11.9. The van der Waals surface area contributed by atoms with E-state index in [0.717, 1.165) is 12.8 Å². The molecular formula is C12H14BrNO3. The van der Waals surface area contributed by atoms with Crippen molar-refractivity contribution in [2.24, 2.45) is 0 Å². The van der Waals surface area contributed by atoms with Gasteiger partial charge in [0.05, 0.1) is 10.4 Å². The molecule has 0 saturated heterocycles. The first-order valence-electron chi connectivity index (χ1n) is 5.33. The molecule has 0 aliphatic rings. The van der Waals surface area contributed by atoms with E-state index >= 15 is 0 Å². The summed E-state index contributed by atoms with van der Waals surface area (Å²) in [6.45, 7) is 2.00. The summed E-state index contributed by atoms with van der Waals surface area (Å²) in [4.78, 5) is 22.1. The molecule has 2 N–H and O–H groups in total. The number of aromatic carboxylic acids is 1. The lowest BCUT2D eigenvalue weighted by Gasteiger charge is -2.09. The van der Waals surface area contributed by atoms with Crippen LogP contribution in [0.2, 0.25) is 0 Å². The highest BCUT2D eigenvalue weighted by molar-refractivity contribution is 9.10. The van der Waals surface area contributed by atoms with E-state index in [2.05, 4.69) is 21.2 Å². The zero-order chi connectivity index (χ0) is 12.8. The van der Waals surface area contributed by atoms with Crippen LogP contribution in [0.1, 0.15) is 30.1 Å². The highest BCUT2D eigenvalue weighted by atomic mass is 79.9. The van der Waals surface area contributed by atoms with Crippen LogP contribution in [0.5, 0.6) is 0 Å². The van der Waals surface area contributed by atoms with E-state index in [1.165, 1.54) is 12.1 Å². The van der Waals surface area contributed by atoms with Crippen LogP contribution < -0.4 is 5.32 Å². The number of alkyl halides is 1. The number of halogens is 1. The standard InChI is InChI=1S/C12H14BrNO3/c1-2-3-10(13)11(15)14-9-6-4-8(5-7-9)12(16)17/h4-7,10H,2-3H2,1H3,(H,14,15)(H,16,17). The van der Waals surface area contributed by atoms with Crippen molar-refractivity contribution < 1.29 is 14.7 Å². The van der Waals surface area contributed by atoms with Crippen molar-refractivity contribution in [3.63, 3.8) is 0 Å². The van der Waals surface area contributed by atoms with Crippen LogP contribution in [0.4, 0.5) is 5.69 Å². The number of nitrogens with one attached hydrogen (secondary N) is 1. The van der Waals surface area contributed by atoms with Crippen molar-refractivity contribution in [1.29, 1.82) is 0 Å². The lowest BCUT2D eigenvalue weighted by molar-refractivity contribution is -0.115. The summed E-state index contributed by atoms with van der Waals surface area (Å²) in [7, 11) is 0. The smallest absolute Gasteiger partial charge is 0.335 e. The zero-order valence-electron chi connectivity index (χ0n) is 9.44. The van der Waals surface area contributed by atoms with Crippen LogP contribution in [0.3, 0.4) is 0 Å². The molecule has 1 atom stereocenters. The molecule has 0 radical (unpaired) electrons. The Hall–Kier alpha value is -1.36. The van der Waals surface area contributed by atoms with Crippen molar-refractivity contribution in [3.05, 3.63) is 29.8 Å². The summed E-state index contributed by atoms with van der Waals surface area (Å²) in [5.74, 6) is -1.10.